The number of carbonyl (C=O) groups is 1. The lowest BCUT2D eigenvalue weighted by molar-refractivity contribution is 0.0916. The molecule has 4 heteroatoms. The highest BCUT2D eigenvalue weighted by molar-refractivity contribution is 5.94. The van der Waals surface area contributed by atoms with E-state index in [1.807, 2.05) is 61.5 Å². The van der Waals surface area contributed by atoms with Gasteiger partial charge in [-0.15, -0.1) is 0 Å². The standard InChI is InChI=1S/C17H20N2O2/c1-19(2)15-10-8-13(9-11-15)16(20)12-18-17(21)14-6-4-3-5-7-14/h3-11,16,20H,12H2,1-2H3,(H,18,21). The number of hydrogen-bond acceptors (Lipinski definition) is 3. The average Bonchev–Trinajstić information content (AvgIpc) is 2.53. The number of rotatable bonds is 5. The van der Waals surface area contributed by atoms with Crippen LogP contribution in [0.2, 0.25) is 0 Å². The number of anilines is 1. The van der Waals surface area contributed by atoms with E-state index >= 15 is 0 Å². The van der Waals surface area contributed by atoms with Crippen LogP contribution in [0.3, 0.4) is 0 Å². The summed E-state index contributed by atoms with van der Waals surface area (Å²) in [4.78, 5) is 13.9. The fourth-order valence-corrected chi connectivity index (χ4v) is 1.99. The Balaban J connectivity index is 1.92. The zero-order chi connectivity index (χ0) is 15.2. The van der Waals surface area contributed by atoms with Gasteiger partial charge in [-0.25, -0.2) is 0 Å². The number of carbonyl (C=O) groups excluding carboxylic acids is 1. The van der Waals surface area contributed by atoms with Crippen molar-refractivity contribution in [2.75, 3.05) is 25.5 Å². The highest BCUT2D eigenvalue weighted by Gasteiger charge is 2.10. The molecule has 2 rings (SSSR count). The van der Waals surface area contributed by atoms with Gasteiger partial charge in [0.05, 0.1) is 6.10 Å². The summed E-state index contributed by atoms with van der Waals surface area (Å²) >= 11 is 0. The summed E-state index contributed by atoms with van der Waals surface area (Å²) in [5, 5.41) is 12.9. The van der Waals surface area contributed by atoms with E-state index in [2.05, 4.69) is 5.32 Å². The Labute approximate surface area is 125 Å². The van der Waals surface area contributed by atoms with E-state index in [4.69, 9.17) is 0 Å². The van der Waals surface area contributed by atoms with Gasteiger partial charge in [0.1, 0.15) is 0 Å². The molecule has 0 aliphatic carbocycles. The van der Waals surface area contributed by atoms with E-state index in [0.717, 1.165) is 11.3 Å². The third-order valence-electron chi connectivity index (χ3n) is 3.29. The Hall–Kier alpha value is -2.33. The fourth-order valence-electron chi connectivity index (χ4n) is 1.99. The van der Waals surface area contributed by atoms with E-state index in [0.29, 0.717) is 5.56 Å². The smallest absolute Gasteiger partial charge is 0.251 e. The molecule has 1 amide bonds. The SMILES string of the molecule is CN(C)c1ccc(C(O)CNC(=O)c2ccccc2)cc1. The Morgan fingerprint density at radius 1 is 1.10 bits per heavy atom. The highest BCUT2D eigenvalue weighted by atomic mass is 16.3. The topological polar surface area (TPSA) is 52.6 Å². The minimum atomic E-state index is -0.714. The minimum absolute atomic E-state index is 0.181. The molecule has 0 saturated heterocycles. The minimum Gasteiger partial charge on any atom is -0.387 e. The predicted molar refractivity (Wildman–Crippen MR) is 84.5 cm³/mol. The first-order valence-corrected chi connectivity index (χ1v) is 6.86. The van der Waals surface area contributed by atoms with Crippen LogP contribution in [-0.2, 0) is 0 Å². The van der Waals surface area contributed by atoms with E-state index < -0.39 is 6.10 Å². The molecule has 2 N–H and O–H groups in total. The molecule has 4 nitrogen and oxygen atoms in total. The second-order valence-corrected chi connectivity index (χ2v) is 5.08. The van der Waals surface area contributed by atoms with Gasteiger partial charge in [-0.05, 0) is 29.8 Å². The monoisotopic (exact) mass is 284 g/mol. The summed E-state index contributed by atoms with van der Waals surface area (Å²) in [7, 11) is 3.93. The van der Waals surface area contributed by atoms with E-state index in [1.54, 1.807) is 12.1 Å². The van der Waals surface area contributed by atoms with E-state index in [9.17, 15) is 9.90 Å². The Morgan fingerprint density at radius 3 is 2.29 bits per heavy atom. The molecular weight excluding hydrogens is 264 g/mol. The molecule has 0 saturated carbocycles. The number of nitrogens with zero attached hydrogens (tertiary/aromatic N) is 1. The molecule has 0 aromatic heterocycles. The molecule has 21 heavy (non-hydrogen) atoms. The van der Waals surface area contributed by atoms with E-state index in [-0.39, 0.29) is 12.5 Å². The van der Waals surface area contributed by atoms with Gasteiger partial charge >= 0.3 is 0 Å². The van der Waals surface area contributed by atoms with Crippen LogP contribution in [0.1, 0.15) is 22.0 Å². The number of nitrogens with one attached hydrogen (secondary N) is 1. The molecule has 0 heterocycles. The van der Waals surface area contributed by atoms with Gasteiger partial charge in [0.15, 0.2) is 0 Å². The summed E-state index contributed by atoms with van der Waals surface area (Å²) in [5.74, 6) is -0.181. The maximum Gasteiger partial charge on any atom is 0.251 e. The van der Waals surface area contributed by atoms with Crippen molar-refractivity contribution in [3.8, 4) is 0 Å². The van der Waals surface area contributed by atoms with Crippen molar-refractivity contribution in [3.05, 3.63) is 65.7 Å². The van der Waals surface area contributed by atoms with Crippen molar-refractivity contribution >= 4 is 11.6 Å². The van der Waals surface area contributed by atoms with Gasteiger partial charge in [-0.1, -0.05) is 30.3 Å². The first-order chi connectivity index (χ1) is 10.1. The molecule has 2 aromatic carbocycles. The Morgan fingerprint density at radius 2 is 1.71 bits per heavy atom. The number of aliphatic hydroxyl groups is 1. The number of hydrogen-bond donors (Lipinski definition) is 2. The summed E-state index contributed by atoms with van der Waals surface area (Å²) in [6.45, 7) is 0.190. The molecular formula is C17H20N2O2. The summed E-state index contributed by atoms with van der Waals surface area (Å²) in [5.41, 5.74) is 2.45. The molecule has 110 valence electrons. The highest BCUT2D eigenvalue weighted by Crippen LogP contribution is 2.17. The van der Waals surface area contributed by atoms with Crippen molar-refractivity contribution in [1.29, 1.82) is 0 Å². The molecule has 1 unspecified atom stereocenters. The lowest BCUT2D eigenvalue weighted by Crippen LogP contribution is -2.28. The Bertz CT molecular complexity index is 579. The molecule has 2 aromatic rings. The van der Waals surface area contributed by atoms with Gasteiger partial charge in [-0.3, -0.25) is 4.79 Å². The van der Waals surface area contributed by atoms with E-state index in [1.165, 1.54) is 0 Å². The average molecular weight is 284 g/mol. The maximum atomic E-state index is 11.9. The molecule has 0 fully saturated rings. The van der Waals surface area contributed by atoms with Gasteiger partial charge in [0.25, 0.3) is 5.91 Å². The molecule has 0 aliphatic heterocycles. The fraction of sp³-hybridized carbons (Fsp3) is 0.235. The van der Waals surface area contributed by atoms with Crippen LogP contribution in [0, 0.1) is 0 Å². The molecule has 0 radical (unpaired) electrons. The second kappa shape index (κ2) is 6.90. The van der Waals surface area contributed by atoms with Crippen LogP contribution in [-0.4, -0.2) is 31.7 Å². The van der Waals surface area contributed by atoms with Crippen molar-refractivity contribution < 1.29 is 9.90 Å². The zero-order valence-electron chi connectivity index (χ0n) is 12.3. The van der Waals surface area contributed by atoms with Crippen molar-refractivity contribution in [2.24, 2.45) is 0 Å². The van der Waals surface area contributed by atoms with Crippen molar-refractivity contribution in [3.63, 3.8) is 0 Å². The van der Waals surface area contributed by atoms with Crippen molar-refractivity contribution in [2.45, 2.75) is 6.10 Å². The molecule has 0 bridgehead atoms. The number of aliphatic hydroxyl groups excluding tert-OH is 1. The summed E-state index contributed by atoms with van der Waals surface area (Å²) < 4.78 is 0. The quantitative estimate of drug-likeness (QED) is 0.885. The Kier molecular flexibility index (Phi) is 4.95. The number of benzene rings is 2. The lowest BCUT2D eigenvalue weighted by Gasteiger charge is -2.15. The van der Waals surface area contributed by atoms with Gasteiger partial charge in [0, 0.05) is 31.9 Å². The third-order valence-corrected chi connectivity index (χ3v) is 3.29. The number of amides is 1. The zero-order valence-corrected chi connectivity index (χ0v) is 12.3. The van der Waals surface area contributed by atoms with Gasteiger partial charge in [-0.2, -0.15) is 0 Å². The molecule has 0 aliphatic rings. The van der Waals surface area contributed by atoms with Crippen LogP contribution in [0.5, 0.6) is 0 Å². The third kappa shape index (κ3) is 4.07. The van der Waals surface area contributed by atoms with Crippen LogP contribution in [0.4, 0.5) is 5.69 Å². The first kappa shape index (κ1) is 15.1. The van der Waals surface area contributed by atoms with Crippen LogP contribution >= 0.6 is 0 Å². The summed E-state index contributed by atoms with van der Waals surface area (Å²) in [6, 6.07) is 16.6. The second-order valence-electron chi connectivity index (χ2n) is 5.08. The summed E-state index contributed by atoms with van der Waals surface area (Å²) in [6.07, 6.45) is -0.714. The first-order valence-electron chi connectivity index (χ1n) is 6.86. The largest absolute Gasteiger partial charge is 0.387 e. The van der Waals surface area contributed by atoms with Crippen LogP contribution < -0.4 is 10.2 Å². The lowest BCUT2D eigenvalue weighted by atomic mass is 10.1. The van der Waals surface area contributed by atoms with Crippen LogP contribution in [0.15, 0.2) is 54.6 Å². The molecule has 1 atom stereocenters. The van der Waals surface area contributed by atoms with Gasteiger partial charge in [0.2, 0.25) is 0 Å². The maximum absolute atomic E-state index is 11.9. The van der Waals surface area contributed by atoms with Crippen molar-refractivity contribution in [1.82, 2.24) is 5.32 Å². The van der Waals surface area contributed by atoms with Gasteiger partial charge < -0.3 is 15.3 Å². The van der Waals surface area contributed by atoms with Crippen LogP contribution in [0.25, 0.3) is 0 Å². The predicted octanol–water partition coefficient (Wildman–Crippen LogP) is 2.22. The molecule has 0 spiro atoms. The normalized spacial score (nSPS) is 11.8.